The molecule has 1 aliphatic rings. The highest BCUT2D eigenvalue weighted by molar-refractivity contribution is 5.66. The van der Waals surface area contributed by atoms with Crippen molar-refractivity contribution >= 4 is 17.5 Å². The molecule has 5 heteroatoms. The summed E-state index contributed by atoms with van der Waals surface area (Å²) in [6.07, 6.45) is 1.17. The van der Waals surface area contributed by atoms with Crippen molar-refractivity contribution in [2.45, 2.75) is 12.8 Å². The zero-order chi connectivity index (χ0) is 13.0. The Hall–Kier alpha value is -1.91. The number of nitrogens with one attached hydrogen (secondary N) is 1. The Labute approximate surface area is 107 Å². The number of piperidine rings is 1. The van der Waals surface area contributed by atoms with Gasteiger partial charge in [0.05, 0.1) is 11.4 Å². The third kappa shape index (κ3) is 3.06. The first-order chi connectivity index (χ1) is 8.66. The van der Waals surface area contributed by atoms with Crippen LogP contribution in [0.3, 0.4) is 0 Å². The third-order valence-electron chi connectivity index (χ3n) is 3.33. The van der Waals surface area contributed by atoms with Gasteiger partial charge in [-0.1, -0.05) is 12.1 Å². The Morgan fingerprint density at radius 3 is 3.00 bits per heavy atom. The highest BCUT2D eigenvalue weighted by atomic mass is 16.4. The van der Waals surface area contributed by atoms with Crippen molar-refractivity contribution in [2.24, 2.45) is 5.92 Å². The van der Waals surface area contributed by atoms with Crippen LogP contribution in [0.4, 0.5) is 16.2 Å². The van der Waals surface area contributed by atoms with E-state index in [1.54, 1.807) is 0 Å². The first kappa shape index (κ1) is 12.5. The monoisotopic (exact) mass is 249 g/mol. The predicted octanol–water partition coefficient (Wildman–Crippen LogP) is 2.07. The van der Waals surface area contributed by atoms with E-state index < -0.39 is 6.09 Å². The Morgan fingerprint density at radius 1 is 1.50 bits per heavy atom. The van der Waals surface area contributed by atoms with Crippen LogP contribution in [0.1, 0.15) is 12.8 Å². The number of likely N-dealkylation sites (tertiary alicyclic amines) is 1. The van der Waals surface area contributed by atoms with Crippen LogP contribution in [0.5, 0.6) is 0 Å². The molecule has 0 bridgehead atoms. The fourth-order valence-electron chi connectivity index (χ4n) is 2.32. The van der Waals surface area contributed by atoms with E-state index in [2.05, 4.69) is 5.32 Å². The van der Waals surface area contributed by atoms with Gasteiger partial charge in [-0.15, -0.1) is 0 Å². The molecule has 1 amide bonds. The number of para-hydroxylation sites is 2. The van der Waals surface area contributed by atoms with Gasteiger partial charge in [0.2, 0.25) is 0 Å². The molecule has 0 spiro atoms. The molecule has 1 aliphatic heterocycles. The van der Waals surface area contributed by atoms with Crippen molar-refractivity contribution in [1.29, 1.82) is 0 Å². The number of anilines is 2. The highest BCUT2D eigenvalue weighted by Gasteiger charge is 2.22. The average Bonchev–Trinajstić information content (AvgIpc) is 2.38. The molecule has 0 radical (unpaired) electrons. The molecule has 1 saturated heterocycles. The standard InChI is InChI=1S/C13H19N3O2/c14-11-5-1-2-6-12(11)15-8-10-4-3-7-16(9-10)13(17)18/h1-2,5-6,10,15H,3-4,7-9,14H2,(H,17,18)/t10-/m1/s1. The summed E-state index contributed by atoms with van der Waals surface area (Å²) in [5.41, 5.74) is 7.49. The molecule has 1 aromatic carbocycles. The van der Waals surface area contributed by atoms with Gasteiger partial charge >= 0.3 is 6.09 Å². The van der Waals surface area contributed by atoms with Crippen LogP contribution in [0.2, 0.25) is 0 Å². The first-order valence-corrected chi connectivity index (χ1v) is 6.23. The first-order valence-electron chi connectivity index (χ1n) is 6.23. The third-order valence-corrected chi connectivity index (χ3v) is 3.33. The fourth-order valence-corrected chi connectivity index (χ4v) is 2.32. The van der Waals surface area contributed by atoms with Gasteiger partial charge in [0.25, 0.3) is 0 Å². The number of hydrogen-bond acceptors (Lipinski definition) is 3. The molecule has 1 atom stereocenters. The van der Waals surface area contributed by atoms with Crippen molar-refractivity contribution in [3.8, 4) is 0 Å². The van der Waals surface area contributed by atoms with Gasteiger partial charge in [0.1, 0.15) is 0 Å². The number of carboxylic acid groups (broad SMARTS) is 1. The van der Waals surface area contributed by atoms with Gasteiger partial charge in [-0.2, -0.15) is 0 Å². The smallest absolute Gasteiger partial charge is 0.407 e. The van der Waals surface area contributed by atoms with E-state index in [4.69, 9.17) is 10.8 Å². The molecule has 98 valence electrons. The Bertz CT molecular complexity index is 422. The van der Waals surface area contributed by atoms with Gasteiger partial charge in [-0.25, -0.2) is 4.79 Å². The second-order valence-electron chi connectivity index (χ2n) is 4.70. The SMILES string of the molecule is Nc1ccccc1NC[C@H]1CCCN(C(=O)O)C1. The lowest BCUT2D eigenvalue weighted by Gasteiger charge is -2.31. The maximum atomic E-state index is 10.9. The molecule has 0 saturated carbocycles. The number of hydrogen-bond donors (Lipinski definition) is 3. The van der Waals surface area contributed by atoms with Crippen molar-refractivity contribution in [3.05, 3.63) is 24.3 Å². The molecule has 2 rings (SSSR count). The van der Waals surface area contributed by atoms with Crippen molar-refractivity contribution in [3.63, 3.8) is 0 Å². The molecular weight excluding hydrogens is 230 g/mol. The van der Waals surface area contributed by atoms with E-state index in [-0.39, 0.29) is 0 Å². The van der Waals surface area contributed by atoms with Crippen molar-refractivity contribution in [2.75, 3.05) is 30.7 Å². The van der Waals surface area contributed by atoms with E-state index in [1.165, 1.54) is 4.90 Å². The van der Waals surface area contributed by atoms with E-state index in [0.717, 1.165) is 30.8 Å². The maximum Gasteiger partial charge on any atom is 0.407 e. The quantitative estimate of drug-likeness (QED) is 0.716. The van der Waals surface area contributed by atoms with Crippen LogP contribution in [0.15, 0.2) is 24.3 Å². The van der Waals surface area contributed by atoms with E-state index in [0.29, 0.717) is 19.0 Å². The molecule has 1 aromatic rings. The van der Waals surface area contributed by atoms with Crippen molar-refractivity contribution < 1.29 is 9.90 Å². The van der Waals surface area contributed by atoms with Crippen LogP contribution >= 0.6 is 0 Å². The lowest BCUT2D eigenvalue weighted by atomic mass is 9.98. The van der Waals surface area contributed by atoms with E-state index in [9.17, 15) is 4.79 Å². The average molecular weight is 249 g/mol. The zero-order valence-corrected chi connectivity index (χ0v) is 10.3. The van der Waals surface area contributed by atoms with Crippen molar-refractivity contribution in [1.82, 2.24) is 4.90 Å². The number of amides is 1. The Balaban J connectivity index is 1.87. The van der Waals surface area contributed by atoms with Crippen LogP contribution in [0, 0.1) is 5.92 Å². The summed E-state index contributed by atoms with van der Waals surface area (Å²) >= 11 is 0. The summed E-state index contributed by atoms with van der Waals surface area (Å²) < 4.78 is 0. The lowest BCUT2D eigenvalue weighted by molar-refractivity contribution is 0.122. The Kier molecular flexibility index (Phi) is 3.92. The minimum atomic E-state index is -0.820. The number of nitrogen functional groups attached to an aromatic ring is 1. The van der Waals surface area contributed by atoms with Crippen LogP contribution in [-0.4, -0.2) is 35.7 Å². The molecule has 1 heterocycles. The molecule has 1 fully saturated rings. The molecular formula is C13H19N3O2. The summed E-state index contributed by atoms with van der Waals surface area (Å²) in [5, 5.41) is 12.3. The highest BCUT2D eigenvalue weighted by Crippen LogP contribution is 2.20. The Morgan fingerprint density at radius 2 is 2.28 bits per heavy atom. The molecule has 4 N–H and O–H groups in total. The molecule has 5 nitrogen and oxygen atoms in total. The lowest BCUT2D eigenvalue weighted by Crippen LogP contribution is -2.41. The minimum Gasteiger partial charge on any atom is -0.465 e. The summed E-state index contributed by atoms with van der Waals surface area (Å²) in [4.78, 5) is 12.4. The molecule has 0 aromatic heterocycles. The van der Waals surface area contributed by atoms with Gasteiger partial charge < -0.3 is 21.1 Å². The second-order valence-corrected chi connectivity index (χ2v) is 4.70. The summed E-state index contributed by atoms with van der Waals surface area (Å²) in [7, 11) is 0. The van der Waals surface area contributed by atoms with E-state index in [1.807, 2.05) is 24.3 Å². The van der Waals surface area contributed by atoms with Gasteiger partial charge in [0.15, 0.2) is 0 Å². The number of nitrogens with zero attached hydrogens (tertiary/aromatic N) is 1. The topological polar surface area (TPSA) is 78.6 Å². The van der Waals surface area contributed by atoms with Crippen LogP contribution < -0.4 is 11.1 Å². The van der Waals surface area contributed by atoms with E-state index >= 15 is 0 Å². The second kappa shape index (κ2) is 5.62. The molecule has 0 aliphatic carbocycles. The number of benzene rings is 1. The summed E-state index contributed by atoms with van der Waals surface area (Å²) in [6, 6.07) is 7.62. The fraction of sp³-hybridized carbons (Fsp3) is 0.462. The largest absolute Gasteiger partial charge is 0.465 e. The number of carbonyl (C=O) groups is 1. The number of nitrogens with two attached hydrogens (primary N) is 1. The minimum absolute atomic E-state index is 0.356. The van der Waals surface area contributed by atoms with Crippen LogP contribution in [-0.2, 0) is 0 Å². The predicted molar refractivity (Wildman–Crippen MR) is 71.7 cm³/mol. The summed E-state index contributed by atoms with van der Waals surface area (Å²) in [5.74, 6) is 0.356. The van der Waals surface area contributed by atoms with Crippen LogP contribution in [0.25, 0.3) is 0 Å². The zero-order valence-electron chi connectivity index (χ0n) is 10.3. The number of rotatable bonds is 3. The van der Waals surface area contributed by atoms with Gasteiger partial charge in [0, 0.05) is 19.6 Å². The summed E-state index contributed by atoms with van der Waals surface area (Å²) in [6.45, 7) is 2.02. The normalized spacial score (nSPS) is 19.6. The maximum absolute atomic E-state index is 10.9. The molecule has 18 heavy (non-hydrogen) atoms. The molecule has 0 unspecified atom stereocenters. The van der Waals surface area contributed by atoms with Gasteiger partial charge in [-0.3, -0.25) is 0 Å². The van der Waals surface area contributed by atoms with Gasteiger partial charge in [-0.05, 0) is 30.9 Å².